The van der Waals surface area contributed by atoms with Crippen molar-refractivity contribution in [1.29, 1.82) is 0 Å². The minimum Gasteiger partial charge on any atom is -0.370 e. The van der Waals surface area contributed by atoms with E-state index < -0.39 is 0 Å². The number of nitrogens with one attached hydrogen (secondary N) is 1. The van der Waals surface area contributed by atoms with Crippen LogP contribution in [-0.4, -0.2) is 4.98 Å². The standard InChI is InChI=1S/C8H9NO2S.C2H6/c1-4-5-2-11-3-6(5)9-8(10)7(4)12;1-2/h12H,2-3H2,1H3,(H,9,10);1-2H3. The van der Waals surface area contributed by atoms with Crippen LogP contribution >= 0.6 is 12.6 Å². The Kier molecular flexibility index (Phi) is 3.77. The second-order valence-electron chi connectivity index (χ2n) is 2.88. The zero-order valence-corrected chi connectivity index (χ0v) is 9.57. The third-order valence-corrected chi connectivity index (χ3v) is 2.68. The molecule has 0 aromatic carbocycles. The van der Waals surface area contributed by atoms with E-state index in [4.69, 9.17) is 4.74 Å². The van der Waals surface area contributed by atoms with Crippen LogP contribution in [0.4, 0.5) is 0 Å². The highest BCUT2D eigenvalue weighted by Gasteiger charge is 2.17. The SMILES string of the molecule is CC.Cc1c2c([nH]c(=O)c1S)COC2. The maximum absolute atomic E-state index is 11.2. The molecular formula is C10H15NO2S. The number of pyridine rings is 1. The molecule has 0 bridgehead atoms. The highest BCUT2D eigenvalue weighted by Crippen LogP contribution is 2.22. The number of ether oxygens (including phenoxy) is 1. The van der Waals surface area contributed by atoms with Crippen LogP contribution in [0.5, 0.6) is 0 Å². The smallest absolute Gasteiger partial charge is 0.261 e. The van der Waals surface area contributed by atoms with Crippen LogP contribution in [0.15, 0.2) is 9.69 Å². The number of hydrogen-bond donors (Lipinski definition) is 2. The lowest BCUT2D eigenvalue weighted by atomic mass is 10.1. The average Bonchev–Trinajstić information content (AvgIpc) is 2.65. The Morgan fingerprint density at radius 1 is 1.36 bits per heavy atom. The van der Waals surface area contributed by atoms with Crippen molar-refractivity contribution in [2.45, 2.75) is 38.9 Å². The number of H-pyrrole nitrogens is 1. The third-order valence-electron chi connectivity index (χ3n) is 2.14. The van der Waals surface area contributed by atoms with Gasteiger partial charge >= 0.3 is 0 Å². The molecule has 0 amide bonds. The van der Waals surface area contributed by atoms with E-state index in [0.29, 0.717) is 18.1 Å². The molecular weight excluding hydrogens is 198 g/mol. The van der Waals surface area contributed by atoms with E-state index in [0.717, 1.165) is 16.8 Å². The van der Waals surface area contributed by atoms with Crippen molar-refractivity contribution >= 4 is 12.6 Å². The molecule has 0 saturated heterocycles. The summed E-state index contributed by atoms with van der Waals surface area (Å²) in [5.41, 5.74) is 2.80. The Morgan fingerprint density at radius 3 is 2.64 bits per heavy atom. The summed E-state index contributed by atoms with van der Waals surface area (Å²) in [5.74, 6) is 0. The zero-order valence-electron chi connectivity index (χ0n) is 8.68. The Morgan fingerprint density at radius 2 is 2.00 bits per heavy atom. The van der Waals surface area contributed by atoms with Crippen LogP contribution in [0.25, 0.3) is 0 Å². The molecule has 1 aliphatic rings. The van der Waals surface area contributed by atoms with E-state index in [9.17, 15) is 4.79 Å². The van der Waals surface area contributed by atoms with Crippen molar-refractivity contribution in [3.05, 3.63) is 27.2 Å². The molecule has 78 valence electrons. The summed E-state index contributed by atoms with van der Waals surface area (Å²) in [6.45, 7) is 7.00. The number of fused-ring (bicyclic) bond motifs is 1. The van der Waals surface area contributed by atoms with E-state index in [2.05, 4.69) is 17.6 Å². The van der Waals surface area contributed by atoms with Gasteiger partial charge in [0.25, 0.3) is 5.56 Å². The molecule has 0 aliphatic carbocycles. The number of aromatic amines is 1. The number of aromatic nitrogens is 1. The van der Waals surface area contributed by atoms with E-state index in [1.165, 1.54) is 0 Å². The summed E-state index contributed by atoms with van der Waals surface area (Å²) in [7, 11) is 0. The summed E-state index contributed by atoms with van der Waals surface area (Å²) in [6, 6.07) is 0. The van der Waals surface area contributed by atoms with E-state index in [-0.39, 0.29) is 5.56 Å². The van der Waals surface area contributed by atoms with Crippen LogP contribution in [-0.2, 0) is 18.0 Å². The largest absolute Gasteiger partial charge is 0.370 e. The first-order chi connectivity index (χ1) is 6.70. The topological polar surface area (TPSA) is 42.1 Å². The molecule has 1 aromatic heterocycles. The van der Waals surface area contributed by atoms with Crippen molar-refractivity contribution in [2.75, 3.05) is 0 Å². The molecule has 0 fully saturated rings. The van der Waals surface area contributed by atoms with Crippen LogP contribution < -0.4 is 5.56 Å². The van der Waals surface area contributed by atoms with Crippen LogP contribution in [0.2, 0.25) is 0 Å². The fourth-order valence-electron chi connectivity index (χ4n) is 1.38. The Hall–Kier alpha value is -0.740. The molecule has 0 saturated carbocycles. The van der Waals surface area contributed by atoms with Gasteiger partial charge in [0.1, 0.15) is 0 Å². The van der Waals surface area contributed by atoms with Gasteiger partial charge in [-0.2, -0.15) is 0 Å². The van der Waals surface area contributed by atoms with Gasteiger partial charge in [-0.05, 0) is 12.5 Å². The molecule has 0 unspecified atom stereocenters. The van der Waals surface area contributed by atoms with Gasteiger partial charge in [-0.15, -0.1) is 12.6 Å². The monoisotopic (exact) mass is 213 g/mol. The second kappa shape index (κ2) is 4.66. The summed E-state index contributed by atoms with van der Waals surface area (Å²) in [4.78, 5) is 14.5. The predicted octanol–water partition coefficient (Wildman–Crippen LogP) is 2.03. The Bertz CT molecular complexity index is 384. The molecule has 1 aliphatic heterocycles. The van der Waals surface area contributed by atoms with Crippen molar-refractivity contribution in [1.82, 2.24) is 4.98 Å². The van der Waals surface area contributed by atoms with Crippen molar-refractivity contribution in [3.63, 3.8) is 0 Å². The molecule has 0 radical (unpaired) electrons. The molecule has 2 rings (SSSR count). The molecule has 2 heterocycles. The van der Waals surface area contributed by atoms with Crippen molar-refractivity contribution in [2.24, 2.45) is 0 Å². The van der Waals surface area contributed by atoms with E-state index in [1.807, 2.05) is 20.8 Å². The summed E-state index contributed by atoms with van der Waals surface area (Å²) in [6.07, 6.45) is 0. The van der Waals surface area contributed by atoms with Crippen LogP contribution in [0.3, 0.4) is 0 Å². The van der Waals surface area contributed by atoms with Gasteiger partial charge in [0.05, 0.1) is 18.1 Å². The lowest BCUT2D eigenvalue weighted by Crippen LogP contribution is -2.12. The van der Waals surface area contributed by atoms with Gasteiger partial charge in [-0.25, -0.2) is 0 Å². The zero-order chi connectivity index (χ0) is 10.7. The van der Waals surface area contributed by atoms with Gasteiger partial charge in [0.2, 0.25) is 0 Å². The van der Waals surface area contributed by atoms with Gasteiger partial charge in [0, 0.05) is 11.3 Å². The minimum absolute atomic E-state index is 0.125. The normalized spacial score (nSPS) is 13.1. The highest BCUT2D eigenvalue weighted by atomic mass is 32.1. The molecule has 1 aromatic rings. The van der Waals surface area contributed by atoms with Gasteiger partial charge < -0.3 is 9.72 Å². The maximum atomic E-state index is 11.2. The second-order valence-corrected chi connectivity index (χ2v) is 3.32. The summed E-state index contributed by atoms with van der Waals surface area (Å²) < 4.78 is 5.20. The number of hydrogen-bond acceptors (Lipinski definition) is 3. The fourth-order valence-corrected chi connectivity index (χ4v) is 1.58. The number of rotatable bonds is 0. The Balaban J connectivity index is 0.000000461. The lowest BCUT2D eigenvalue weighted by molar-refractivity contribution is 0.133. The van der Waals surface area contributed by atoms with Crippen LogP contribution in [0.1, 0.15) is 30.7 Å². The van der Waals surface area contributed by atoms with E-state index in [1.54, 1.807) is 0 Å². The predicted molar refractivity (Wildman–Crippen MR) is 58.9 cm³/mol. The minimum atomic E-state index is -0.125. The molecule has 1 N–H and O–H groups in total. The molecule has 4 heteroatoms. The van der Waals surface area contributed by atoms with Crippen molar-refractivity contribution in [3.8, 4) is 0 Å². The molecule has 0 spiro atoms. The van der Waals surface area contributed by atoms with Gasteiger partial charge in [0.15, 0.2) is 0 Å². The molecule has 0 atom stereocenters. The van der Waals surface area contributed by atoms with Gasteiger partial charge in [-0.3, -0.25) is 4.79 Å². The summed E-state index contributed by atoms with van der Waals surface area (Å²) in [5, 5.41) is 0. The number of thiol groups is 1. The maximum Gasteiger partial charge on any atom is 0.261 e. The average molecular weight is 213 g/mol. The first-order valence-corrected chi connectivity index (χ1v) is 5.16. The van der Waals surface area contributed by atoms with Crippen LogP contribution in [0, 0.1) is 6.92 Å². The highest BCUT2D eigenvalue weighted by molar-refractivity contribution is 7.80. The first-order valence-electron chi connectivity index (χ1n) is 4.71. The van der Waals surface area contributed by atoms with Gasteiger partial charge in [-0.1, -0.05) is 13.8 Å². The third kappa shape index (κ3) is 1.86. The van der Waals surface area contributed by atoms with E-state index >= 15 is 0 Å². The summed E-state index contributed by atoms with van der Waals surface area (Å²) >= 11 is 4.11. The lowest BCUT2D eigenvalue weighted by Gasteiger charge is -2.03. The molecule has 14 heavy (non-hydrogen) atoms. The van der Waals surface area contributed by atoms with Crippen molar-refractivity contribution < 1.29 is 4.74 Å². The fraction of sp³-hybridized carbons (Fsp3) is 0.500. The Labute approximate surface area is 88.9 Å². The quantitative estimate of drug-likeness (QED) is 0.647. The first kappa shape index (κ1) is 11.3. The molecule has 3 nitrogen and oxygen atoms in total.